The highest BCUT2D eigenvalue weighted by Gasteiger charge is 2.24. The largest absolute Gasteiger partial charge is 0.371 e. The summed E-state index contributed by atoms with van der Waals surface area (Å²) >= 11 is 0. The van der Waals surface area contributed by atoms with Crippen LogP contribution in [0.1, 0.15) is 12.0 Å². The lowest BCUT2D eigenvalue weighted by Gasteiger charge is -2.12. The average molecular weight is 208 g/mol. The van der Waals surface area contributed by atoms with Crippen LogP contribution in [0.4, 0.5) is 10.1 Å². The minimum atomic E-state index is -0.304. The van der Waals surface area contributed by atoms with Gasteiger partial charge in [-0.2, -0.15) is 0 Å². The van der Waals surface area contributed by atoms with Crippen LogP contribution in [-0.2, 0) is 4.79 Å². The maximum Gasteiger partial charge on any atom is 0.242 e. The molecule has 0 saturated carbocycles. The van der Waals surface area contributed by atoms with Crippen LogP contribution >= 0.6 is 0 Å². The Morgan fingerprint density at radius 3 is 3.00 bits per heavy atom. The fraction of sp³-hybridized carbons (Fsp3) is 0.364. The van der Waals surface area contributed by atoms with Gasteiger partial charge < -0.3 is 10.6 Å². The molecule has 80 valence electrons. The van der Waals surface area contributed by atoms with Gasteiger partial charge >= 0.3 is 0 Å². The summed E-state index contributed by atoms with van der Waals surface area (Å²) in [5.74, 6) is -0.340. The molecule has 0 spiro atoms. The third kappa shape index (κ3) is 1.93. The van der Waals surface area contributed by atoms with Crippen molar-refractivity contribution < 1.29 is 9.18 Å². The zero-order chi connectivity index (χ0) is 10.8. The van der Waals surface area contributed by atoms with Crippen molar-refractivity contribution in [2.24, 2.45) is 0 Å². The van der Waals surface area contributed by atoms with Crippen molar-refractivity contribution in [2.75, 3.05) is 11.9 Å². The molecule has 0 bridgehead atoms. The van der Waals surface area contributed by atoms with Crippen LogP contribution in [0.3, 0.4) is 0 Å². The number of hydrogen-bond donors (Lipinski definition) is 2. The highest BCUT2D eigenvalue weighted by molar-refractivity contribution is 5.86. The Hall–Kier alpha value is -1.58. The number of carbonyl (C=O) groups is 1. The summed E-state index contributed by atoms with van der Waals surface area (Å²) in [6.07, 6.45) is 0.701. The van der Waals surface area contributed by atoms with Gasteiger partial charge in [0.2, 0.25) is 5.91 Å². The quantitative estimate of drug-likeness (QED) is 0.772. The number of anilines is 1. The lowest BCUT2D eigenvalue weighted by atomic mass is 10.1. The molecule has 4 heteroatoms. The first-order valence-corrected chi connectivity index (χ1v) is 4.98. The number of hydrogen-bond acceptors (Lipinski definition) is 2. The number of halogens is 1. The van der Waals surface area contributed by atoms with Crippen LogP contribution < -0.4 is 10.6 Å². The smallest absolute Gasteiger partial charge is 0.242 e. The predicted octanol–water partition coefficient (Wildman–Crippen LogP) is 1.43. The zero-order valence-electron chi connectivity index (χ0n) is 8.51. The molecular weight excluding hydrogens is 195 g/mol. The van der Waals surface area contributed by atoms with Crippen LogP contribution in [-0.4, -0.2) is 18.5 Å². The molecule has 1 aliphatic rings. The summed E-state index contributed by atoms with van der Waals surface area (Å²) in [6, 6.07) is 4.82. The number of carbonyl (C=O) groups excluding carboxylic acids is 1. The van der Waals surface area contributed by atoms with E-state index in [-0.39, 0.29) is 17.8 Å². The number of nitrogens with one attached hydrogen (secondary N) is 2. The molecule has 1 aliphatic heterocycles. The van der Waals surface area contributed by atoms with Gasteiger partial charge in [0.25, 0.3) is 0 Å². The Bertz CT molecular complexity index is 392. The zero-order valence-corrected chi connectivity index (χ0v) is 8.51. The maximum atomic E-state index is 13.6. The van der Waals surface area contributed by atoms with Gasteiger partial charge in [0.1, 0.15) is 11.9 Å². The lowest BCUT2D eigenvalue weighted by molar-refractivity contribution is -0.119. The SMILES string of the molecule is Cc1cccc(NC2CCNC2=O)c1F. The minimum Gasteiger partial charge on any atom is -0.371 e. The fourth-order valence-electron chi connectivity index (χ4n) is 1.68. The van der Waals surface area contributed by atoms with Gasteiger partial charge in [-0.1, -0.05) is 12.1 Å². The van der Waals surface area contributed by atoms with Gasteiger partial charge in [0.15, 0.2) is 0 Å². The van der Waals surface area contributed by atoms with Gasteiger partial charge in [0, 0.05) is 6.54 Å². The fourth-order valence-corrected chi connectivity index (χ4v) is 1.68. The van der Waals surface area contributed by atoms with E-state index in [0.717, 1.165) is 0 Å². The number of benzene rings is 1. The first-order valence-electron chi connectivity index (χ1n) is 4.98. The van der Waals surface area contributed by atoms with Gasteiger partial charge in [-0.25, -0.2) is 4.39 Å². The number of rotatable bonds is 2. The summed E-state index contributed by atoms with van der Waals surface area (Å²) in [5.41, 5.74) is 0.982. The Morgan fingerprint density at radius 1 is 1.53 bits per heavy atom. The second kappa shape index (κ2) is 3.88. The third-order valence-corrected chi connectivity index (χ3v) is 2.57. The molecule has 0 radical (unpaired) electrons. The predicted molar refractivity (Wildman–Crippen MR) is 56.2 cm³/mol. The molecule has 0 aliphatic carbocycles. The first kappa shape index (κ1) is 9.96. The summed E-state index contributed by atoms with van der Waals surface area (Å²) in [6.45, 7) is 2.36. The number of aryl methyl sites for hydroxylation is 1. The van der Waals surface area contributed by atoms with E-state index in [9.17, 15) is 9.18 Å². The van der Waals surface area contributed by atoms with E-state index in [1.54, 1.807) is 25.1 Å². The third-order valence-electron chi connectivity index (χ3n) is 2.57. The van der Waals surface area contributed by atoms with Gasteiger partial charge in [-0.15, -0.1) is 0 Å². The second-order valence-corrected chi connectivity index (χ2v) is 3.71. The van der Waals surface area contributed by atoms with Gasteiger partial charge in [-0.3, -0.25) is 4.79 Å². The molecule has 1 amide bonds. The summed E-state index contributed by atoms with van der Waals surface area (Å²) in [5, 5.41) is 5.61. The molecule has 1 aromatic rings. The van der Waals surface area contributed by atoms with Crippen LogP contribution in [0, 0.1) is 12.7 Å². The lowest BCUT2D eigenvalue weighted by Crippen LogP contribution is -2.29. The molecule has 1 fully saturated rings. The van der Waals surface area contributed by atoms with Gasteiger partial charge in [0.05, 0.1) is 5.69 Å². The Kier molecular flexibility index (Phi) is 2.58. The van der Waals surface area contributed by atoms with Crippen LogP contribution in [0.25, 0.3) is 0 Å². The number of amides is 1. The van der Waals surface area contributed by atoms with E-state index < -0.39 is 0 Å². The van der Waals surface area contributed by atoms with Crippen LogP contribution in [0.15, 0.2) is 18.2 Å². The minimum absolute atomic E-state index is 0.0593. The topological polar surface area (TPSA) is 41.1 Å². The van der Waals surface area contributed by atoms with E-state index in [0.29, 0.717) is 24.2 Å². The van der Waals surface area contributed by atoms with E-state index in [1.807, 2.05) is 0 Å². The highest BCUT2D eigenvalue weighted by atomic mass is 19.1. The van der Waals surface area contributed by atoms with Crippen molar-refractivity contribution in [3.8, 4) is 0 Å². The average Bonchev–Trinajstić information content (AvgIpc) is 2.60. The maximum absolute atomic E-state index is 13.6. The molecule has 1 aromatic carbocycles. The molecule has 1 unspecified atom stereocenters. The summed E-state index contributed by atoms with van der Waals surface area (Å²) < 4.78 is 13.6. The van der Waals surface area contributed by atoms with E-state index >= 15 is 0 Å². The summed E-state index contributed by atoms with van der Waals surface area (Å²) in [4.78, 5) is 11.3. The molecule has 0 aromatic heterocycles. The molecule has 1 atom stereocenters. The molecule has 2 rings (SSSR count). The van der Waals surface area contributed by atoms with Crippen molar-refractivity contribution in [3.05, 3.63) is 29.6 Å². The molecule has 2 N–H and O–H groups in total. The first-order chi connectivity index (χ1) is 7.18. The summed E-state index contributed by atoms with van der Waals surface area (Å²) in [7, 11) is 0. The van der Waals surface area contributed by atoms with Crippen LogP contribution in [0.2, 0.25) is 0 Å². The van der Waals surface area contributed by atoms with E-state index in [4.69, 9.17) is 0 Å². The van der Waals surface area contributed by atoms with Crippen molar-refractivity contribution in [2.45, 2.75) is 19.4 Å². The molecule has 15 heavy (non-hydrogen) atoms. The van der Waals surface area contributed by atoms with E-state index in [2.05, 4.69) is 10.6 Å². The monoisotopic (exact) mass is 208 g/mol. The van der Waals surface area contributed by atoms with Crippen molar-refractivity contribution in [1.29, 1.82) is 0 Å². The molecule has 3 nitrogen and oxygen atoms in total. The van der Waals surface area contributed by atoms with Gasteiger partial charge in [-0.05, 0) is 25.0 Å². The van der Waals surface area contributed by atoms with Crippen molar-refractivity contribution >= 4 is 11.6 Å². The molecule has 1 heterocycles. The molecule has 1 saturated heterocycles. The molecular formula is C11H13FN2O. The highest BCUT2D eigenvalue weighted by Crippen LogP contribution is 2.19. The second-order valence-electron chi connectivity index (χ2n) is 3.71. The van der Waals surface area contributed by atoms with Crippen LogP contribution in [0.5, 0.6) is 0 Å². The Morgan fingerprint density at radius 2 is 2.33 bits per heavy atom. The van der Waals surface area contributed by atoms with Crippen molar-refractivity contribution in [1.82, 2.24) is 5.32 Å². The van der Waals surface area contributed by atoms with Crippen molar-refractivity contribution in [3.63, 3.8) is 0 Å². The van der Waals surface area contributed by atoms with E-state index in [1.165, 1.54) is 0 Å². The normalized spacial score (nSPS) is 20.1. The Balaban J connectivity index is 2.17. The Labute approximate surface area is 87.7 Å². The standard InChI is InChI=1S/C11H13FN2O/c1-7-3-2-4-8(10(7)12)14-9-5-6-13-11(9)15/h2-4,9,14H,5-6H2,1H3,(H,13,15).